The zero-order chi connectivity index (χ0) is 26.9. The van der Waals surface area contributed by atoms with Crippen LogP contribution >= 0.6 is 0 Å². The van der Waals surface area contributed by atoms with Crippen LogP contribution in [0, 0.1) is 17.0 Å². The van der Waals surface area contributed by atoms with Crippen LogP contribution in [0.2, 0.25) is 0 Å². The van der Waals surface area contributed by atoms with Crippen LogP contribution < -0.4 is 4.90 Å². The topological polar surface area (TPSA) is 54.5 Å². The van der Waals surface area contributed by atoms with E-state index in [0.29, 0.717) is 5.69 Å². The van der Waals surface area contributed by atoms with Gasteiger partial charge in [0.1, 0.15) is 23.1 Å². The number of rotatable bonds is 3. The highest BCUT2D eigenvalue weighted by Crippen LogP contribution is 2.61. The quantitative estimate of drug-likeness (QED) is 0.237. The molecule has 0 N–H and O–H groups in total. The van der Waals surface area contributed by atoms with Crippen molar-refractivity contribution in [2.75, 3.05) is 4.90 Å². The van der Waals surface area contributed by atoms with Crippen LogP contribution in [-0.4, -0.2) is 29.4 Å². The number of anilines is 1. The predicted molar refractivity (Wildman–Crippen MR) is 143 cm³/mol. The third-order valence-corrected chi connectivity index (χ3v) is 8.35. The predicted octanol–water partition coefficient (Wildman–Crippen LogP) is 6.28. The van der Waals surface area contributed by atoms with Crippen LogP contribution in [0.25, 0.3) is 6.08 Å². The van der Waals surface area contributed by atoms with Gasteiger partial charge in [-0.05, 0) is 47.5 Å². The number of ketones is 3. The van der Waals surface area contributed by atoms with Crippen molar-refractivity contribution in [1.29, 1.82) is 0 Å². The van der Waals surface area contributed by atoms with E-state index in [1.54, 1.807) is 47.4 Å². The minimum atomic E-state index is -1.78. The fraction of sp³-hybridized carbons (Fsp3) is 0.121. The Bertz CT molecular complexity index is 1690. The highest BCUT2D eigenvalue weighted by molar-refractivity contribution is 6.32. The summed E-state index contributed by atoms with van der Waals surface area (Å²) in [6.45, 7) is 0. The summed E-state index contributed by atoms with van der Waals surface area (Å²) in [6, 6.07) is 23.2. The van der Waals surface area contributed by atoms with Gasteiger partial charge in [-0.2, -0.15) is 0 Å². The van der Waals surface area contributed by atoms with Crippen LogP contribution in [0.3, 0.4) is 0 Å². The monoisotopic (exact) mass is 517 g/mol. The van der Waals surface area contributed by atoms with E-state index in [-0.39, 0.29) is 22.3 Å². The summed E-state index contributed by atoms with van der Waals surface area (Å²) in [6.07, 6.45) is 3.64. The summed E-state index contributed by atoms with van der Waals surface area (Å²) in [7, 11) is 0. The molecule has 4 nitrogen and oxygen atoms in total. The molecule has 2 heterocycles. The van der Waals surface area contributed by atoms with E-state index in [9.17, 15) is 18.8 Å². The van der Waals surface area contributed by atoms with Crippen LogP contribution in [0.5, 0.6) is 0 Å². The van der Waals surface area contributed by atoms with Crippen molar-refractivity contribution < 1.29 is 23.2 Å². The molecule has 0 amide bonds. The number of Topliss-reactive ketones (excluding diaryl/α,β-unsaturated/α-hetero) is 3. The second-order valence-corrected chi connectivity index (χ2v) is 10.2. The van der Waals surface area contributed by atoms with Crippen molar-refractivity contribution in [1.82, 2.24) is 0 Å². The molecule has 1 fully saturated rings. The largest absolute Gasteiger partial charge is 0.352 e. The molecule has 1 aliphatic carbocycles. The standard InChI is InChI=1S/C33H21F2NO3/c34-21-16-13-20(14-17-21)30(37)29-28(24-10-4-5-11-25(24)35)33(31(38)22-8-2-3-9-23(22)32(33)39)27-18-15-19-7-1-6-12-26(19)36(27)29/h1-18,27-29H. The van der Waals surface area contributed by atoms with Crippen molar-refractivity contribution in [2.45, 2.75) is 18.0 Å². The van der Waals surface area contributed by atoms with E-state index in [0.717, 1.165) is 5.56 Å². The van der Waals surface area contributed by atoms with Gasteiger partial charge in [0.15, 0.2) is 17.3 Å². The van der Waals surface area contributed by atoms with Gasteiger partial charge in [0.25, 0.3) is 0 Å². The Balaban J connectivity index is 1.56. The van der Waals surface area contributed by atoms with E-state index in [1.165, 1.54) is 36.4 Å². The molecule has 2 aliphatic heterocycles. The molecule has 4 aromatic rings. The highest BCUT2D eigenvalue weighted by atomic mass is 19.1. The summed E-state index contributed by atoms with van der Waals surface area (Å²) in [4.78, 5) is 45.2. The molecule has 6 heteroatoms. The van der Waals surface area contributed by atoms with Crippen molar-refractivity contribution in [2.24, 2.45) is 5.41 Å². The molecular formula is C33H21F2NO3. The Labute approximate surface area is 223 Å². The maximum absolute atomic E-state index is 15.7. The van der Waals surface area contributed by atoms with Gasteiger partial charge in [-0.1, -0.05) is 72.8 Å². The summed E-state index contributed by atoms with van der Waals surface area (Å²) in [5, 5.41) is 0. The number of benzene rings is 4. The molecule has 0 aromatic heterocycles. The molecule has 3 atom stereocenters. The van der Waals surface area contributed by atoms with Gasteiger partial charge in [0, 0.05) is 28.3 Å². The average molecular weight is 518 g/mol. The second kappa shape index (κ2) is 8.40. The average Bonchev–Trinajstić information content (AvgIpc) is 3.39. The smallest absolute Gasteiger partial charge is 0.185 e. The fourth-order valence-electron chi connectivity index (χ4n) is 6.77. The molecule has 3 unspecified atom stereocenters. The van der Waals surface area contributed by atoms with E-state index in [1.807, 2.05) is 30.3 Å². The Morgan fingerprint density at radius 1 is 0.744 bits per heavy atom. The van der Waals surface area contributed by atoms with Crippen LogP contribution in [0.15, 0.2) is 103 Å². The molecule has 4 aromatic carbocycles. The Morgan fingerprint density at radius 2 is 1.36 bits per heavy atom. The summed E-state index contributed by atoms with van der Waals surface area (Å²) >= 11 is 0. The van der Waals surface area contributed by atoms with E-state index in [2.05, 4.69) is 0 Å². The first-order valence-corrected chi connectivity index (χ1v) is 12.7. The third-order valence-electron chi connectivity index (χ3n) is 8.35. The summed E-state index contributed by atoms with van der Waals surface area (Å²) in [5.74, 6) is -3.53. The molecule has 0 bridgehead atoms. The number of carbonyl (C=O) groups excluding carboxylic acids is 3. The number of para-hydroxylation sites is 1. The summed E-state index contributed by atoms with van der Waals surface area (Å²) < 4.78 is 29.5. The van der Waals surface area contributed by atoms with Crippen LogP contribution in [-0.2, 0) is 0 Å². The lowest BCUT2D eigenvalue weighted by atomic mass is 9.64. The maximum Gasteiger partial charge on any atom is 0.185 e. The van der Waals surface area contributed by atoms with Gasteiger partial charge in [0.05, 0.1) is 6.04 Å². The van der Waals surface area contributed by atoms with Crippen molar-refractivity contribution in [3.05, 3.63) is 143 Å². The SMILES string of the molecule is O=C(c1ccc(F)cc1)C1C(c2ccccc2F)C2(C(=O)c3ccccc3C2=O)C2C=Cc3ccccc3N12. The third kappa shape index (κ3) is 3.05. The number of hydrogen-bond acceptors (Lipinski definition) is 4. The van der Waals surface area contributed by atoms with Gasteiger partial charge in [-0.3, -0.25) is 14.4 Å². The number of nitrogens with zero attached hydrogens (tertiary/aromatic N) is 1. The number of fused-ring (bicyclic) bond motifs is 5. The first kappa shape index (κ1) is 23.4. The second-order valence-electron chi connectivity index (χ2n) is 10.2. The zero-order valence-corrected chi connectivity index (χ0v) is 20.6. The Kier molecular flexibility index (Phi) is 5.04. The van der Waals surface area contributed by atoms with Gasteiger partial charge < -0.3 is 4.90 Å². The first-order chi connectivity index (χ1) is 18.9. The molecule has 0 radical (unpaired) electrons. The number of hydrogen-bond donors (Lipinski definition) is 0. The lowest BCUT2D eigenvalue weighted by Gasteiger charge is -2.37. The van der Waals surface area contributed by atoms with E-state index in [4.69, 9.17) is 0 Å². The molecule has 3 aliphatic rings. The molecule has 7 rings (SSSR count). The van der Waals surface area contributed by atoms with Gasteiger partial charge in [0.2, 0.25) is 0 Å². The lowest BCUT2D eigenvalue weighted by Crippen LogP contribution is -2.48. The van der Waals surface area contributed by atoms with Crippen molar-refractivity contribution >= 4 is 29.1 Å². The molecule has 1 spiro atoms. The van der Waals surface area contributed by atoms with Gasteiger partial charge >= 0.3 is 0 Å². The Morgan fingerprint density at radius 3 is 2.05 bits per heavy atom. The first-order valence-electron chi connectivity index (χ1n) is 12.7. The van der Waals surface area contributed by atoms with Crippen LogP contribution in [0.4, 0.5) is 14.5 Å². The summed E-state index contributed by atoms with van der Waals surface area (Å²) in [5.41, 5.74) is 0.562. The van der Waals surface area contributed by atoms with E-state index < -0.39 is 52.4 Å². The van der Waals surface area contributed by atoms with Crippen molar-refractivity contribution in [3.63, 3.8) is 0 Å². The van der Waals surface area contributed by atoms with Gasteiger partial charge in [-0.15, -0.1) is 0 Å². The van der Waals surface area contributed by atoms with E-state index >= 15 is 4.39 Å². The number of carbonyl (C=O) groups is 3. The fourth-order valence-corrected chi connectivity index (χ4v) is 6.77. The minimum Gasteiger partial charge on any atom is -0.352 e. The molecule has 0 saturated carbocycles. The molecular weight excluding hydrogens is 496 g/mol. The van der Waals surface area contributed by atoms with Gasteiger partial charge in [-0.25, -0.2) is 8.78 Å². The van der Waals surface area contributed by atoms with Crippen LogP contribution in [0.1, 0.15) is 48.1 Å². The normalized spacial score (nSPS) is 22.1. The lowest BCUT2D eigenvalue weighted by molar-refractivity contribution is 0.0664. The Hall–Kier alpha value is -4.71. The molecule has 190 valence electrons. The maximum atomic E-state index is 15.7. The van der Waals surface area contributed by atoms with Crippen molar-refractivity contribution in [3.8, 4) is 0 Å². The highest BCUT2D eigenvalue weighted by Gasteiger charge is 2.71. The molecule has 1 saturated heterocycles. The zero-order valence-electron chi connectivity index (χ0n) is 20.6. The minimum absolute atomic E-state index is 0.118. The molecule has 39 heavy (non-hydrogen) atoms. The number of halogens is 2.